The normalized spacial score (nSPS) is 14.9. The van der Waals surface area contributed by atoms with Crippen molar-refractivity contribution in [2.45, 2.75) is 65.6 Å². The number of Topliss-reactive ketones (excluding diaryl/α,β-unsaturated/α-hetero) is 1. The Bertz CT molecular complexity index is 1410. The molecule has 0 aliphatic heterocycles. The molecule has 3 aromatic rings. The third-order valence-electron chi connectivity index (χ3n) is 7.07. The molecule has 0 unspecified atom stereocenters. The number of aryl methyl sites for hydroxylation is 2. The maximum absolute atomic E-state index is 13.4. The van der Waals surface area contributed by atoms with Crippen molar-refractivity contribution in [3.8, 4) is 11.8 Å². The monoisotopic (exact) mass is 513 g/mol. The van der Waals surface area contributed by atoms with Gasteiger partial charge in [0.15, 0.2) is 0 Å². The second-order valence-corrected chi connectivity index (χ2v) is 9.83. The molecule has 0 N–H and O–H groups in total. The van der Waals surface area contributed by atoms with Crippen LogP contribution in [0.4, 0.5) is 13.2 Å². The maximum Gasteiger partial charge on any atom is 0.416 e. The van der Waals surface area contributed by atoms with E-state index in [2.05, 4.69) is 4.57 Å². The summed E-state index contributed by atoms with van der Waals surface area (Å²) in [6.45, 7) is 7.35. The van der Waals surface area contributed by atoms with Crippen LogP contribution in [0.5, 0.6) is 0 Å². The number of nitrogens with zero attached hydrogens (tertiary/aromatic N) is 3. The smallest absolute Gasteiger partial charge is 0.345 e. The van der Waals surface area contributed by atoms with Gasteiger partial charge in [-0.15, -0.1) is 0 Å². The Morgan fingerprint density at radius 2 is 1.72 bits per heavy atom. The number of carbonyl (C=O) groups is 1. The van der Waals surface area contributed by atoms with E-state index < -0.39 is 11.7 Å². The van der Waals surface area contributed by atoms with E-state index in [0.29, 0.717) is 28.6 Å². The van der Waals surface area contributed by atoms with Crippen LogP contribution < -0.4 is 0 Å². The SMILES string of the molecule is Cc1cc(C=C(C#N)C(=O)c2cc(C)n(C3CCCC3)c2C)c(C)n1-c1cc(C(F)(F)F)ccc1Cl. The van der Waals surface area contributed by atoms with Gasteiger partial charge in [0.1, 0.15) is 11.6 Å². The predicted octanol–water partition coefficient (Wildman–Crippen LogP) is 8.09. The summed E-state index contributed by atoms with van der Waals surface area (Å²) in [5.74, 6) is -0.364. The molecule has 0 radical (unpaired) electrons. The Morgan fingerprint density at radius 1 is 1.06 bits per heavy atom. The summed E-state index contributed by atoms with van der Waals surface area (Å²) in [7, 11) is 0. The van der Waals surface area contributed by atoms with Gasteiger partial charge in [0.05, 0.1) is 16.3 Å². The predicted molar refractivity (Wildman–Crippen MR) is 135 cm³/mol. The number of aromatic nitrogens is 2. The number of halogens is 4. The Balaban J connectivity index is 1.75. The number of rotatable bonds is 5. The Labute approximate surface area is 213 Å². The zero-order chi connectivity index (χ0) is 26.4. The molecule has 1 aliphatic carbocycles. The number of allylic oxidation sites excluding steroid dienone is 1. The lowest BCUT2D eigenvalue weighted by molar-refractivity contribution is -0.137. The van der Waals surface area contributed by atoms with Gasteiger partial charge in [0.25, 0.3) is 0 Å². The lowest BCUT2D eigenvalue weighted by atomic mass is 10.0. The second kappa shape index (κ2) is 9.67. The summed E-state index contributed by atoms with van der Waals surface area (Å²) < 4.78 is 43.8. The molecule has 0 amide bonds. The van der Waals surface area contributed by atoms with Crippen LogP contribution in [-0.4, -0.2) is 14.9 Å². The fourth-order valence-corrected chi connectivity index (χ4v) is 5.55. The fourth-order valence-electron chi connectivity index (χ4n) is 5.35. The molecule has 1 saturated carbocycles. The molecular formula is C28H27ClF3N3O. The summed E-state index contributed by atoms with van der Waals surface area (Å²) in [4.78, 5) is 13.4. The zero-order valence-corrected chi connectivity index (χ0v) is 21.4. The summed E-state index contributed by atoms with van der Waals surface area (Å²) >= 11 is 6.27. The minimum Gasteiger partial charge on any atom is -0.345 e. The van der Waals surface area contributed by atoms with E-state index in [1.165, 1.54) is 25.0 Å². The van der Waals surface area contributed by atoms with Crippen molar-refractivity contribution in [3.05, 3.63) is 80.4 Å². The van der Waals surface area contributed by atoms with Crippen molar-refractivity contribution in [2.75, 3.05) is 0 Å². The van der Waals surface area contributed by atoms with Crippen LogP contribution in [0.3, 0.4) is 0 Å². The van der Waals surface area contributed by atoms with Gasteiger partial charge in [-0.1, -0.05) is 24.4 Å². The van der Waals surface area contributed by atoms with Gasteiger partial charge in [-0.25, -0.2) is 0 Å². The molecule has 0 bridgehead atoms. The van der Waals surface area contributed by atoms with Crippen LogP contribution >= 0.6 is 11.6 Å². The van der Waals surface area contributed by atoms with E-state index in [9.17, 15) is 23.2 Å². The minimum atomic E-state index is -4.51. The number of nitriles is 1. The van der Waals surface area contributed by atoms with Gasteiger partial charge in [-0.2, -0.15) is 18.4 Å². The first-order valence-corrected chi connectivity index (χ1v) is 12.2. The number of hydrogen-bond acceptors (Lipinski definition) is 2. The highest BCUT2D eigenvalue weighted by Crippen LogP contribution is 2.36. The van der Waals surface area contributed by atoms with E-state index in [1.807, 2.05) is 26.0 Å². The topological polar surface area (TPSA) is 50.7 Å². The number of ketones is 1. The molecule has 8 heteroatoms. The summed E-state index contributed by atoms with van der Waals surface area (Å²) in [6.07, 6.45) is 1.48. The van der Waals surface area contributed by atoms with Crippen LogP contribution in [-0.2, 0) is 6.18 Å². The molecule has 4 nitrogen and oxygen atoms in total. The van der Waals surface area contributed by atoms with E-state index in [0.717, 1.165) is 36.4 Å². The molecule has 2 heterocycles. The molecule has 1 fully saturated rings. The first-order chi connectivity index (χ1) is 16.9. The van der Waals surface area contributed by atoms with Crippen LogP contribution in [0.25, 0.3) is 11.8 Å². The van der Waals surface area contributed by atoms with E-state index in [-0.39, 0.29) is 22.1 Å². The second-order valence-electron chi connectivity index (χ2n) is 9.42. The van der Waals surface area contributed by atoms with Gasteiger partial charge < -0.3 is 9.13 Å². The summed E-state index contributed by atoms with van der Waals surface area (Å²) in [5, 5.41) is 10.0. The fraction of sp³-hybridized carbons (Fsp3) is 0.357. The highest BCUT2D eigenvalue weighted by atomic mass is 35.5. The Morgan fingerprint density at radius 3 is 2.33 bits per heavy atom. The molecule has 0 atom stereocenters. The molecule has 2 aromatic heterocycles. The zero-order valence-electron chi connectivity index (χ0n) is 20.6. The van der Waals surface area contributed by atoms with Crippen LogP contribution in [0.2, 0.25) is 5.02 Å². The third kappa shape index (κ3) is 4.62. The first kappa shape index (κ1) is 25.8. The molecular weight excluding hydrogens is 487 g/mol. The third-order valence-corrected chi connectivity index (χ3v) is 7.39. The highest BCUT2D eigenvalue weighted by Gasteiger charge is 2.31. The van der Waals surface area contributed by atoms with Crippen molar-refractivity contribution in [3.63, 3.8) is 0 Å². The standard InChI is InChI=1S/C28H27ClF3N3O/c1-16-11-20(18(3)35(16)26-14-22(28(30,31)32)9-10-25(26)29)13-21(15-33)27(36)24-12-17(2)34(19(24)4)23-7-5-6-8-23/h9-14,23H,5-8H2,1-4H3. The number of hydrogen-bond donors (Lipinski definition) is 0. The van der Waals surface area contributed by atoms with Crippen molar-refractivity contribution in [1.29, 1.82) is 5.26 Å². The number of carbonyl (C=O) groups excluding carboxylic acids is 1. The van der Waals surface area contributed by atoms with Gasteiger partial charge >= 0.3 is 6.18 Å². The Hall–Kier alpha value is -3.24. The van der Waals surface area contributed by atoms with Crippen molar-refractivity contribution >= 4 is 23.5 Å². The quantitative estimate of drug-likeness (QED) is 0.197. The van der Waals surface area contributed by atoms with Crippen molar-refractivity contribution in [2.24, 2.45) is 0 Å². The number of benzene rings is 1. The summed E-state index contributed by atoms with van der Waals surface area (Å²) in [5.41, 5.74) is 3.47. The molecule has 0 saturated heterocycles. The number of alkyl halides is 3. The van der Waals surface area contributed by atoms with Gasteiger partial charge in [-0.05, 0) is 82.5 Å². The maximum atomic E-state index is 13.4. The molecule has 36 heavy (non-hydrogen) atoms. The molecule has 0 spiro atoms. The van der Waals surface area contributed by atoms with E-state index in [4.69, 9.17) is 11.6 Å². The van der Waals surface area contributed by atoms with Gasteiger partial charge in [-0.3, -0.25) is 4.79 Å². The van der Waals surface area contributed by atoms with E-state index >= 15 is 0 Å². The molecule has 1 aliphatic rings. The van der Waals surface area contributed by atoms with Crippen LogP contribution in [0, 0.1) is 39.0 Å². The van der Waals surface area contributed by atoms with Gasteiger partial charge in [0, 0.05) is 34.4 Å². The first-order valence-electron chi connectivity index (χ1n) is 11.8. The van der Waals surface area contributed by atoms with Crippen molar-refractivity contribution < 1.29 is 18.0 Å². The van der Waals surface area contributed by atoms with Gasteiger partial charge in [0.2, 0.25) is 5.78 Å². The highest BCUT2D eigenvalue weighted by molar-refractivity contribution is 6.32. The van der Waals surface area contributed by atoms with E-state index in [1.54, 1.807) is 24.5 Å². The lowest BCUT2D eigenvalue weighted by Crippen LogP contribution is -2.10. The average Bonchev–Trinajstić information content (AvgIpc) is 3.50. The molecule has 4 rings (SSSR count). The van der Waals surface area contributed by atoms with Crippen molar-refractivity contribution in [1.82, 2.24) is 9.13 Å². The lowest BCUT2D eigenvalue weighted by Gasteiger charge is -2.17. The minimum absolute atomic E-state index is 0.0305. The Kier molecular flexibility index (Phi) is 6.94. The molecule has 188 valence electrons. The average molecular weight is 514 g/mol. The van der Waals surface area contributed by atoms with Crippen LogP contribution in [0.1, 0.15) is 76.0 Å². The molecule has 1 aromatic carbocycles. The van der Waals surface area contributed by atoms with Crippen LogP contribution in [0.15, 0.2) is 35.9 Å². The largest absolute Gasteiger partial charge is 0.416 e. The summed E-state index contributed by atoms with van der Waals surface area (Å²) in [6, 6.07) is 9.14.